The van der Waals surface area contributed by atoms with Gasteiger partial charge in [0, 0.05) is 12.8 Å². The zero-order chi connectivity index (χ0) is 8.81. The minimum atomic E-state index is 0.736. The van der Waals surface area contributed by atoms with Gasteiger partial charge in [0.25, 0.3) is 0 Å². The third-order valence-electron chi connectivity index (χ3n) is 1.39. The van der Waals surface area contributed by atoms with Gasteiger partial charge in [-0.3, -0.25) is 0 Å². The predicted octanol–water partition coefficient (Wildman–Crippen LogP) is 1.33. The third kappa shape index (κ3) is 2.27. The van der Waals surface area contributed by atoms with E-state index in [1.54, 1.807) is 12.2 Å². The lowest BCUT2D eigenvalue weighted by Gasteiger charge is -1.95. The van der Waals surface area contributed by atoms with E-state index in [0.717, 1.165) is 24.2 Å². The topological polar surface area (TPSA) is 38.7 Å². The molecule has 62 valence electrons. The summed E-state index contributed by atoms with van der Waals surface area (Å²) in [6.07, 6.45) is 5.06. The highest BCUT2D eigenvalue weighted by Crippen LogP contribution is 1.98. The molecule has 3 heteroatoms. The van der Waals surface area contributed by atoms with Crippen molar-refractivity contribution in [2.24, 2.45) is 0 Å². The van der Waals surface area contributed by atoms with Gasteiger partial charge in [-0.05, 0) is 11.3 Å². The Labute approximate surface area is 71.8 Å². The van der Waals surface area contributed by atoms with Gasteiger partial charge in [-0.2, -0.15) is 0 Å². The fraction of sp³-hybridized carbons (Fsp3) is 0.222. The molecule has 0 amide bonds. The highest BCUT2D eigenvalue weighted by Gasteiger charge is 1.95. The molecule has 3 nitrogen and oxygen atoms in total. The zero-order valence-corrected chi connectivity index (χ0v) is 6.90. The van der Waals surface area contributed by atoms with Crippen LogP contribution in [0, 0.1) is 0 Å². The monoisotopic (exact) mass is 161 g/mol. The first-order valence-corrected chi connectivity index (χ1v) is 3.76. The second kappa shape index (κ2) is 4.38. The fourth-order valence-electron chi connectivity index (χ4n) is 0.883. The van der Waals surface area contributed by atoms with Crippen LogP contribution in [-0.2, 0) is 12.8 Å². The van der Waals surface area contributed by atoms with Crippen molar-refractivity contribution in [1.29, 1.82) is 0 Å². The highest BCUT2D eigenvalue weighted by molar-refractivity contribution is 5.10. The van der Waals surface area contributed by atoms with E-state index in [9.17, 15) is 0 Å². The third-order valence-corrected chi connectivity index (χ3v) is 1.39. The van der Waals surface area contributed by atoms with Gasteiger partial charge in [0.2, 0.25) is 0 Å². The molecule has 1 aromatic rings. The molecule has 0 aromatic carbocycles. The van der Waals surface area contributed by atoms with Crippen LogP contribution in [0.1, 0.15) is 11.4 Å². The molecule has 1 aromatic heterocycles. The largest absolute Gasteiger partial charge is 0.135 e. The molecule has 0 aliphatic rings. The summed E-state index contributed by atoms with van der Waals surface area (Å²) in [5, 5.41) is 11.3. The Hall–Kier alpha value is -1.51. The van der Waals surface area contributed by atoms with E-state index < -0.39 is 0 Å². The van der Waals surface area contributed by atoms with Crippen molar-refractivity contribution in [3.8, 4) is 0 Å². The van der Waals surface area contributed by atoms with E-state index in [1.165, 1.54) is 0 Å². The Morgan fingerprint density at radius 1 is 1.08 bits per heavy atom. The summed E-state index contributed by atoms with van der Waals surface area (Å²) in [7, 11) is 0. The van der Waals surface area contributed by atoms with Gasteiger partial charge in [0.1, 0.15) is 0 Å². The fourth-order valence-corrected chi connectivity index (χ4v) is 0.883. The Balaban J connectivity index is 2.79. The molecule has 1 rings (SSSR count). The van der Waals surface area contributed by atoms with Crippen LogP contribution in [0.3, 0.4) is 0 Å². The van der Waals surface area contributed by atoms with E-state index in [1.807, 2.05) is 6.07 Å². The number of aromatic nitrogens is 3. The van der Waals surface area contributed by atoms with Gasteiger partial charge < -0.3 is 0 Å². The first-order chi connectivity index (χ1) is 5.86. The molecule has 0 unspecified atom stereocenters. The first-order valence-electron chi connectivity index (χ1n) is 3.76. The molecule has 0 saturated carbocycles. The minimum absolute atomic E-state index is 0.736. The molecule has 1 heterocycles. The molecular weight excluding hydrogens is 150 g/mol. The van der Waals surface area contributed by atoms with Crippen LogP contribution in [-0.4, -0.2) is 15.4 Å². The van der Waals surface area contributed by atoms with Crippen molar-refractivity contribution in [3.63, 3.8) is 0 Å². The average molecular weight is 161 g/mol. The number of hydrogen-bond donors (Lipinski definition) is 0. The van der Waals surface area contributed by atoms with Crippen LogP contribution in [0.15, 0.2) is 31.4 Å². The molecule has 0 spiro atoms. The van der Waals surface area contributed by atoms with Gasteiger partial charge in [-0.25, -0.2) is 0 Å². The number of hydrogen-bond acceptors (Lipinski definition) is 3. The minimum Gasteiger partial charge on any atom is -0.135 e. The van der Waals surface area contributed by atoms with Crippen molar-refractivity contribution >= 4 is 0 Å². The normalized spacial score (nSPS) is 9.33. The maximum Gasteiger partial charge on any atom is 0.0705 e. The molecule has 0 N–H and O–H groups in total. The van der Waals surface area contributed by atoms with Crippen LogP contribution < -0.4 is 0 Å². The van der Waals surface area contributed by atoms with Gasteiger partial charge in [-0.15, -0.1) is 23.4 Å². The summed E-state index contributed by atoms with van der Waals surface area (Å²) in [5.74, 6) is 0. The van der Waals surface area contributed by atoms with Crippen LogP contribution in [0.4, 0.5) is 0 Å². The summed E-state index contributed by atoms with van der Waals surface area (Å²) in [4.78, 5) is 0. The molecular formula is C9H11N3. The summed E-state index contributed by atoms with van der Waals surface area (Å²) in [5.41, 5.74) is 1.80. The SMILES string of the molecule is C=CCc1cc(CC=C)nnn1. The van der Waals surface area contributed by atoms with Crippen LogP contribution in [0.25, 0.3) is 0 Å². The smallest absolute Gasteiger partial charge is 0.0705 e. The Kier molecular flexibility index (Phi) is 3.14. The van der Waals surface area contributed by atoms with Gasteiger partial charge >= 0.3 is 0 Å². The number of allylic oxidation sites excluding steroid dienone is 2. The maximum atomic E-state index is 3.84. The summed E-state index contributed by atoms with van der Waals surface area (Å²) in [6.45, 7) is 7.25. The average Bonchev–Trinajstić information content (AvgIpc) is 2.06. The maximum absolute atomic E-state index is 3.84. The van der Waals surface area contributed by atoms with E-state index in [2.05, 4.69) is 28.6 Å². The van der Waals surface area contributed by atoms with Crippen LogP contribution in [0.5, 0.6) is 0 Å². The number of rotatable bonds is 4. The molecule has 0 fully saturated rings. The quantitative estimate of drug-likeness (QED) is 0.625. The van der Waals surface area contributed by atoms with Gasteiger partial charge in [-0.1, -0.05) is 12.2 Å². The van der Waals surface area contributed by atoms with Crippen LogP contribution >= 0.6 is 0 Å². The highest BCUT2D eigenvalue weighted by atomic mass is 15.3. The molecule has 0 radical (unpaired) electrons. The van der Waals surface area contributed by atoms with E-state index in [4.69, 9.17) is 0 Å². The summed E-state index contributed by atoms with van der Waals surface area (Å²) >= 11 is 0. The van der Waals surface area contributed by atoms with Crippen molar-refractivity contribution in [2.75, 3.05) is 0 Å². The summed E-state index contributed by atoms with van der Waals surface area (Å²) in [6, 6.07) is 1.91. The zero-order valence-electron chi connectivity index (χ0n) is 6.90. The summed E-state index contributed by atoms with van der Waals surface area (Å²) < 4.78 is 0. The second-order valence-corrected chi connectivity index (χ2v) is 2.40. The first kappa shape index (κ1) is 8.59. The predicted molar refractivity (Wildman–Crippen MR) is 47.6 cm³/mol. The Morgan fingerprint density at radius 3 is 2.00 bits per heavy atom. The lowest BCUT2D eigenvalue weighted by Crippen LogP contribution is -1.98. The van der Waals surface area contributed by atoms with Gasteiger partial charge in [0.05, 0.1) is 11.4 Å². The lowest BCUT2D eigenvalue weighted by molar-refractivity contribution is 0.792. The molecule has 0 bridgehead atoms. The van der Waals surface area contributed by atoms with Crippen molar-refractivity contribution in [1.82, 2.24) is 15.4 Å². The van der Waals surface area contributed by atoms with Crippen molar-refractivity contribution in [3.05, 3.63) is 42.8 Å². The van der Waals surface area contributed by atoms with Crippen LogP contribution in [0.2, 0.25) is 0 Å². The van der Waals surface area contributed by atoms with Gasteiger partial charge in [0.15, 0.2) is 0 Å². The molecule has 0 aliphatic carbocycles. The Morgan fingerprint density at radius 2 is 1.58 bits per heavy atom. The number of nitrogens with zero attached hydrogens (tertiary/aromatic N) is 3. The van der Waals surface area contributed by atoms with E-state index in [0.29, 0.717) is 0 Å². The molecule has 0 saturated heterocycles. The van der Waals surface area contributed by atoms with E-state index >= 15 is 0 Å². The Bertz CT molecular complexity index is 256. The van der Waals surface area contributed by atoms with E-state index in [-0.39, 0.29) is 0 Å². The van der Waals surface area contributed by atoms with Crippen molar-refractivity contribution < 1.29 is 0 Å². The molecule has 0 aliphatic heterocycles. The lowest BCUT2D eigenvalue weighted by atomic mass is 10.2. The second-order valence-electron chi connectivity index (χ2n) is 2.40. The standard InChI is InChI=1S/C9H11N3/c1-3-5-8-7-9(6-4-2)11-12-10-8/h3-4,7H,1-2,5-6H2. The molecule has 0 atom stereocenters. The van der Waals surface area contributed by atoms with Crippen molar-refractivity contribution in [2.45, 2.75) is 12.8 Å². The molecule has 12 heavy (non-hydrogen) atoms.